The highest BCUT2D eigenvalue weighted by atomic mass is 31.2. The zero-order valence-electron chi connectivity index (χ0n) is 10.5. The normalized spacial score (nSPS) is 12.5. The molecule has 1 N–H and O–H groups in total. The summed E-state index contributed by atoms with van der Waals surface area (Å²) in [5, 5.41) is 2.38. The minimum atomic E-state index is -4.46. The summed E-state index contributed by atoms with van der Waals surface area (Å²) >= 11 is 0. The highest BCUT2D eigenvalue weighted by Gasteiger charge is 2.31. The van der Waals surface area contributed by atoms with E-state index in [0.717, 1.165) is 12.1 Å². The second kappa shape index (κ2) is 6.41. The minimum absolute atomic E-state index is 0.0278. The molecule has 0 aliphatic rings. The first-order chi connectivity index (χ1) is 8.80. The lowest BCUT2D eigenvalue weighted by Crippen LogP contribution is -2.08. The molecule has 1 aromatic rings. The van der Waals surface area contributed by atoms with E-state index >= 15 is 0 Å². The van der Waals surface area contributed by atoms with Gasteiger partial charge in [0.25, 0.3) is 0 Å². The van der Waals surface area contributed by atoms with Crippen molar-refractivity contribution in [1.82, 2.24) is 0 Å². The molecule has 0 aliphatic heterocycles. The molecule has 0 spiro atoms. The zero-order valence-corrected chi connectivity index (χ0v) is 11.4. The first-order valence-corrected chi connectivity index (χ1v) is 7.19. The third kappa shape index (κ3) is 4.86. The molecule has 0 amide bonds. The lowest BCUT2D eigenvalue weighted by atomic mass is 10.2. The number of benzene rings is 1. The lowest BCUT2D eigenvalue weighted by molar-refractivity contribution is -0.137. The summed E-state index contributed by atoms with van der Waals surface area (Å²) in [5.41, 5.74) is -0.808. The Hall–Kier alpha value is -1.04. The van der Waals surface area contributed by atoms with Crippen LogP contribution in [0, 0.1) is 0 Å². The van der Waals surface area contributed by atoms with Crippen LogP contribution in [-0.2, 0) is 19.8 Å². The van der Waals surface area contributed by atoms with Crippen LogP contribution in [0.25, 0.3) is 0 Å². The summed E-state index contributed by atoms with van der Waals surface area (Å²) in [4.78, 5) is 0. The summed E-state index contributed by atoms with van der Waals surface area (Å²) in [5.74, 6) is 0. The van der Waals surface area contributed by atoms with Gasteiger partial charge in [0.1, 0.15) is 0 Å². The van der Waals surface area contributed by atoms with Crippen molar-refractivity contribution in [3.05, 3.63) is 29.8 Å². The van der Waals surface area contributed by atoms with Crippen LogP contribution in [0.2, 0.25) is 0 Å². The van der Waals surface area contributed by atoms with E-state index in [2.05, 4.69) is 5.09 Å². The van der Waals surface area contributed by atoms with Gasteiger partial charge in [0.05, 0.1) is 18.8 Å². The van der Waals surface area contributed by atoms with E-state index in [0.29, 0.717) is 0 Å². The average Bonchev–Trinajstić information content (AvgIpc) is 2.28. The Morgan fingerprint density at radius 3 is 2.26 bits per heavy atom. The Morgan fingerprint density at radius 1 is 1.21 bits per heavy atom. The van der Waals surface area contributed by atoms with Crippen LogP contribution in [0.1, 0.15) is 19.4 Å². The third-order valence-electron chi connectivity index (χ3n) is 2.05. The van der Waals surface area contributed by atoms with Gasteiger partial charge in [-0.25, -0.2) is 4.57 Å². The van der Waals surface area contributed by atoms with Crippen molar-refractivity contribution in [2.75, 3.05) is 18.3 Å². The molecular formula is C11H15F3NO3P. The predicted molar refractivity (Wildman–Crippen MR) is 65.9 cm³/mol. The maximum Gasteiger partial charge on any atom is 0.432 e. The first-order valence-electron chi connectivity index (χ1n) is 5.65. The topological polar surface area (TPSA) is 47.6 Å². The standard InChI is InChI=1S/C11H15F3NO3P/c1-3-17-19(16,18-4-2)15-10-7-5-6-9(8-10)11(12,13)14/h5-8H,3-4H2,1-2H3,(H,15,16). The molecule has 1 aromatic carbocycles. The number of nitrogens with one attached hydrogen (secondary N) is 1. The summed E-state index contributed by atoms with van der Waals surface area (Å²) < 4.78 is 59.6. The van der Waals surface area contributed by atoms with Crippen LogP contribution in [-0.4, -0.2) is 13.2 Å². The van der Waals surface area contributed by atoms with Crippen LogP contribution in [0.4, 0.5) is 18.9 Å². The Balaban J connectivity index is 2.94. The highest BCUT2D eigenvalue weighted by molar-refractivity contribution is 7.55. The average molecular weight is 297 g/mol. The Bertz CT molecular complexity index is 455. The van der Waals surface area contributed by atoms with Crippen LogP contribution < -0.4 is 5.09 Å². The molecule has 0 saturated carbocycles. The van der Waals surface area contributed by atoms with Gasteiger partial charge < -0.3 is 0 Å². The number of anilines is 1. The van der Waals surface area contributed by atoms with Gasteiger partial charge in [-0.1, -0.05) is 6.07 Å². The number of rotatable bonds is 6. The summed E-state index contributed by atoms with van der Waals surface area (Å²) in [6.07, 6.45) is -4.46. The monoisotopic (exact) mass is 297 g/mol. The second-order valence-corrected chi connectivity index (χ2v) is 5.26. The molecule has 0 aliphatic carbocycles. The van der Waals surface area contributed by atoms with Gasteiger partial charge in [-0.15, -0.1) is 0 Å². The van der Waals surface area contributed by atoms with Crippen molar-refractivity contribution < 1.29 is 26.8 Å². The van der Waals surface area contributed by atoms with E-state index in [1.54, 1.807) is 13.8 Å². The van der Waals surface area contributed by atoms with Gasteiger partial charge in [0.15, 0.2) is 0 Å². The van der Waals surface area contributed by atoms with Crippen LogP contribution in [0.15, 0.2) is 24.3 Å². The Morgan fingerprint density at radius 2 is 1.79 bits per heavy atom. The second-order valence-electron chi connectivity index (χ2n) is 3.52. The molecule has 0 heterocycles. The van der Waals surface area contributed by atoms with Crippen LogP contribution in [0.3, 0.4) is 0 Å². The quantitative estimate of drug-likeness (QED) is 0.795. The van der Waals surface area contributed by atoms with E-state index in [9.17, 15) is 17.7 Å². The van der Waals surface area contributed by atoms with Gasteiger partial charge >= 0.3 is 13.9 Å². The molecule has 0 radical (unpaired) electrons. The van der Waals surface area contributed by atoms with Crippen molar-refractivity contribution in [3.8, 4) is 0 Å². The van der Waals surface area contributed by atoms with Gasteiger partial charge in [0, 0.05) is 5.69 Å². The van der Waals surface area contributed by atoms with E-state index in [4.69, 9.17) is 9.05 Å². The third-order valence-corrected chi connectivity index (χ3v) is 3.78. The van der Waals surface area contributed by atoms with Crippen molar-refractivity contribution in [1.29, 1.82) is 0 Å². The Labute approximate surface area is 109 Å². The molecule has 108 valence electrons. The van der Waals surface area contributed by atoms with E-state index in [1.807, 2.05) is 0 Å². The summed E-state index contributed by atoms with van der Waals surface area (Å²) in [7, 11) is -3.63. The fourth-order valence-corrected chi connectivity index (χ4v) is 2.70. The lowest BCUT2D eigenvalue weighted by Gasteiger charge is -2.19. The van der Waals surface area contributed by atoms with Gasteiger partial charge in [-0.3, -0.25) is 14.1 Å². The molecule has 0 bridgehead atoms. The highest BCUT2D eigenvalue weighted by Crippen LogP contribution is 2.48. The molecule has 19 heavy (non-hydrogen) atoms. The van der Waals surface area contributed by atoms with E-state index < -0.39 is 19.5 Å². The van der Waals surface area contributed by atoms with Crippen molar-refractivity contribution in [2.24, 2.45) is 0 Å². The fourth-order valence-electron chi connectivity index (χ4n) is 1.36. The Kier molecular flexibility index (Phi) is 5.40. The fraction of sp³-hybridized carbons (Fsp3) is 0.455. The van der Waals surface area contributed by atoms with Gasteiger partial charge in [-0.2, -0.15) is 13.2 Å². The van der Waals surface area contributed by atoms with Crippen molar-refractivity contribution in [3.63, 3.8) is 0 Å². The largest absolute Gasteiger partial charge is 0.432 e. The predicted octanol–water partition coefficient (Wildman–Crippen LogP) is 4.30. The molecule has 0 saturated heterocycles. The minimum Gasteiger partial charge on any atom is -0.293 e. The molecule has 0 fully saturated rings. The molecule has 4 nitrogen and oxygen atoms in total. The van der Waals surface area contributed by atoms with Gasteiger partial charge in [-0.05, 0) is 32.0 Å². The summed E-state index contributed by atoms with van der Waals surface area (Å²) in [6, 6.07) is 4.36. The summed E-state index contributed by atoms with van der Waals surface area (Å²) in [6.45, 7) is 3.45. The van der Waals surface area contributed by atoms with Crippen LogP contribution >= 0.6 is 7.75 Å². The smallest absolute Gasteiger partial charge is 0.293 e. The number of hydrogen-bond acceptors (Lipinski definition) is 3. The van der Waals surface area contributed by atoms with Crippen LogP contribution in [0.5, 0.6) is 0 Å². The van der Waals surface area contributed by atoms with E-state index in [-0.39, 0.29) is 18.9 Å². The number of hydrogen-bond donors (Lipinski definition) is 1. The molecule has 8 heteroatoms. The maximum absolute atomic E-state index is 12.5. The van der Waals surface area contributed by atoms with Crippen molar-refractivity contribution >= 4 is 13.4 Å². The van der Waals surface area contributed by atoms with E-state index in [1.165, 1.54) is 12.1 Å². The van der Waals surface area contributed by atoms with Gasteiger partial charge in [0.2, 0.25) is 0 Å². The number of halogens is 3. The molecular weight excluding hydrogens is 282 g/mol. The molecule has 0 unspecified atom stereocenters. The maximum atomic E-state index is 12.5. The molecule has 1 rings (SSSR count). The first kappa shape index (κ1) is 16.0. The number of alkyl halides is 3. The molecule has 0 atom stereocenters. The zero-order chi connectivity index (χ0) is 14.5. The van der Waals surface area contributed by atoms with Crippen molar-refractivity contribution in [2.45, 2.75) is 20.0 Å². The molecule has 0 aromatic heterocycles. The SMILES string of the molecule is CCOP(=O)(Nc1cccc(C(F)(F)F)c1)OCC.